The number of ether oxygens (including phenoxy) is 1. The van der Waals surface area contributed by atoms with Crippen LogP contribution in [0.25, 0.3) is 11.3 Å². The Balaban J connectivity index is 1.76. The van der Waals surface area contributed by atoms with Gasteiger partial charge in [-0.3, -0.25) is 9.79 Å². The molecule has 0 bridgehead atoms. The van der Waals surface area contributed by atoms with Crippen molar-refractivity contribution in [1.29, 1.82) is 0 Å². The molecule has 0 radical (unpaired) electrons. The van der Waals surface area contributed by atoms with Crippen LogP contribution >= 0.6 is 11.3 Å². The third kappa shape index (κ3) is 4.14. The zero-order chi connectivity index (χ0) is 23.0. The van der Waals surface area contributed by atoms with Crippen LogP contribution in [0.4, 0.5) is 0 Å². The number of nitrogens with zero attached hydrogens (tertiary/aromatic N) is 4. The van der Waals surface area contributed by atoms with Crippen molar-refractivity contribution in [2.45, 2.75) is 65.1 Å². The van der Waals surface area contributed by atoms with Crippen LogP contribution in [-0.4, -0.2) is 46.3 Å². The minimum absolute atomic E-state index is 0.106. The number of nitrogens with one attached hydrogen (secondary N) is 1. The average molecular weight is 455 g/mol. The van der Waals surface area contributed by atoms with Crippen molar-refractivity contribution in [2.24, 2.45) is 15.8 Å². The molecule has 3 heterocycles. The number of thiazole rings is 1. The Morgan fingerprint density at radius 1 is 1.31 bits per heavy atom. The first kappa shape index (κ1) is 22.4. The number of hydrogen-bond acceptors (Lipinski definition) is 8. The van der Waals surface area contributed by atoms with Crippen molar-refractivity contribution in [3.8, 4) is 17.0 Å². The molecule has 2 unspecified atom stereocenters. The van der Waals surface area contributed by atoms with Gasteiger partial charge in [-0.2, -0.15) is 5.10 Å². The van der Waals surface area contributed by atoms with E-state index in [4.69, 9.17) is 20.6 Å². The molecule has 0 saturated heterocycles. The van der Waals surface area contributed by atoms with E-state index in [1.165, 1.54) is 11.3 Å². The number of amides is 1. The number of hydrogen-bond donors (Lipinski definition) is 2. The average Bonchev–Trinajstić information content (AvgIpc) is 3.35. The Kier molecular flexibility index (Phi) is 6.05. The second kappa shape index (κ2) is 8.63. The summed E-state index contributed by atoms with van der Waals surface area (Å²) < 4.78 is 5.86. The van der Waals surface area contributed by atoms with Gasteiger partial charge in [0, 0.05) is 17.4 Å². The van der Waals surface area contributed by atoms with Crippen molar-refractivity contribution in [2.75, 3.05) is 6.61 Å². The van der Waals surface area contributed by atoms with Gasteiger partial charge in [-0.25, -0.2) is 9.99 Å². The molecule has 0 aliphatic carbocycles. The summed E-state index contributed by atoms with van der Waals surface area (Å²) >= 11 is 1.53. The van der Waals surface area contributed by atoms with E-state index in [-0.39, 0.29) is 11.9 Å². The van der Waals surface area contributed by atoms with Gasteiger partial charge in [0.2, 0.25) is 0 Å². The lowest BCUT2D eigenvalue weighted by Gasteiger charge is -2.30. The first-order valence-electron chi connectivity index (χ1n) is 11.0. The van der Waals surface area contributed by atoms with Gasteiger partial charge in [0.15, 0.2) is 11.9 Å². The number of carbonyl (C=O) groups excluding carboxylic acids is 1. The Hall–Kier alpha value is -2.78. The number of fused-ring (bicyclic) bond motifs is 1. The predicted octanol–water partition coefficient (Wildman–Crippen LogP) is 3.47. The molecule has 1 amide bonds. The Morgan fingerprint density at radius 3 is 2.75 bits per heavy atom. The highest BCUT2D eigenvalue weighted by Gasteiger charge is 2.42. The number of aromatic nitrogens is 1. The summed E-state index contributed by atoms with van der Waals surface area (Å²) in [5.74, 6) is 1.86. The van der Waals surface area contributed by atoms with Gasteiger partial charge in [0.1, 0.15) is 16.6 Å². The molecule has 2 aliphatic rings. The number of rotatable bonds is 7. The van der Waals surface area contributed by atoms with Crippen LogP contribution < -0.4 is 15.8 Å². The van der Waals surface area contributed by atoms with Crippen LogP contribution in [0, 0.1) is 0 Å². The monoisotopic (exact) mass is 454 g/mol. The van der Waals surface area contributed by atoms with E-state index in [0.717, 1.165) is 34.9 Å². The van der Waals surface area contributed by atoms with Crippen molar-refractivity contribution in [3.63, 3.8) is 0 Å². The number of hydrazone groups is 1. The van der Waals surface area contributed by atoms with Gasteiger partial charge in [-0.15, -0.1) is 11.3 Å². The van der Waals surface area contributed by atoms with Crippen molar-refractivity contribution < 1.29 is 9.53 Å². The molecule has 4 rings (SSSR count). The third-order valence-corrected chi connectivity index (χ3v) is 6.60. The van der Waals surface area contributed by atoms with Crippen molar-refractivity contribution >= 4 is 28.9 Å². The van der Waals surface area contributed by atoms with Gasteiger partial charge in [-0.1, -0.05) is 6.92 Å². The normalized spacial score (nSPS) is 20.6. The lowest BCUT2D eigenvalue weighted by Crippen LogP contribution is -2.54. The molecule has 32 heavy (non-hydrogen) atoms. The molecule has 2 aliphatic heterocycles. The second-order valence-electron chi connectivity index (χ2n) is 8.67. The summed E-state index contributed by atoms with van der Waals surface area (Å²) in [5.41, 5.74) is 8.17. The first-order valence-corrected chi connectivity index (χ1v) is 11.9. The largest absolute Gasteiger partial charge is 0.493 e. The van der Waals surface area contributed by atoms with Crippen LogP contribution in [0.15, 0.2) is 33.7 Å². The standard InChI is InChI=1S/C23H30N6O2S/c1-6-8-18-25-13(3)19-21(30)27-20(28-29(18)19)15-11-14(9-10-17(15)31-7-2)16-12-32-22(26-16)23(4,5)24/h9-13,19H,6-8,24H2,1-5H3,(H,27,28,30). The summed E-state index contributed by atoms with van der Waals surface area (Å²) in [6.07, 6.45) is 1.71. The molecule has 2 atom stereocenters. The molecule has 0 fully saturated rings. The summed E-state index contributed by atoms with van der Waals surface area (Å²) in [7, 11) is 0. The molecular weight excluding hydrogens is 424 g/mol. The minimum Gasteiger partial charge on any atom is -0.493 e. The van der Waals surface area contributed by atoms with E-state index in [9.17, 15) is 4.79 Å². The first-order chi connectivity index (χ1) is 15.2. The maximum Gasteiger partial charge on any atom is 0.252 e. The molecule has 2 aromatic rings. The number of amidine groups is 2. The number of benzene rings is 1. The fourth-order valence-corrected chi connectivity index (χ4v) is 4.75. The summed E-state index contributed by atoms with van der Waals surface area (Å²) in [6, 6.07) is 5.28. The van der Waals surface area contributed by atoms with E-state index >= 15 is 0 Å². The molecule has 9 heteroatoms. The maximum atomic E-state index is 13.0. The molecule has 8 nitrogen and oxygen atoms in total. The summed E-state index contributed by atoms with van der Waals surface area (Å²) in [4.78, 5) is 22.4. The van der Waals surface area contributed by atoms with Gasteiger partial charge in [0.25, 0.3) is 5.91 Å². The van der Waals surface area contributed by atoms with E-state index < -0.39 is 11.6 Å². The van der Waals surface area contributed by atoms with Gasteiger partial charge >= 0.3 is 0 Å². The molecule has 3 N–H and O–H groups in total. The van der Waals surface area contributed by atoms with Gasteiger partial charge in [-0.05, 0) is 52.3 Å². The van der Waals surface area contributed by atoms with Crippen molar-refractivity contribution in [1.82, 2.24) is 15.3 Å². The van der Waals surface area contributed by atoms with Crippen LogP contribution in [-0.2, 0) is 10.3 Å². The van der Waals surface area contributed by atoms with E-state index in [1.807, 2.05) is 51.3 Å². The summed E-state index contributed by atoms with van der Waals surface area (Å²) in [5, 5.41) is 12.4. The Bertz CT molecular complexity index is 1080. The highest BCUT2D eigenvalue weighted by Crippen LogP contribution is 2.32. The lowest BCUT2D eigenvalue weighted by atomic mass is 10.0. The van der Waals surface area contributed by atoms with Crippen LogP contribution in [0.3, 0.4) is 0 Å². The topological polar surface area (TPSA) is 105 Å². The highest BCUT2D eigenvalue weighted by atomic mass is 32.1. The zero-order valence-electron chi connectivity index (χ0n) is 19.2. The lowest BCUT2D eigenvalue weighted by molar-refractivity contribution is -0.124. The predicted molar refractivity (Wildman–Crippen MR) is 128 cm³/mol. The molecule has 0 saturated carbocycles. The quantitative estimate of drug-likeness (QED) is 0.666. The van der Waals surface area contributed by atoms with Crippen LogP contribution in [0.1, 0.15) is 58.0 Å². The fourth-order valence-electron chi connectivity index (χ4n) is 3.89. The molecule has 0 spiro atoms. The molecule has 1 aromatic carbocycles. The fraction of sp³-hybridized carbons (Fsp3) is 0.478. The van der Waals surface area contributed by atoms with E-state index in [1.54, 1.807) is 5.01 Å². The SMILES string of the molecule is CCCC1=NC(C)C2C(=O)NC(c3cc(-c4csc(C(C)(C)N)n4)ccc3OCC)=NN12. The molecule has 170 valence electrons. The molecule has 1 aromatic heterocycles. The van der Waals surface area contributed by atoms with Gasteiger partial charge < -0.3 is 15.8 Å². The van der Waals surface area contributed by atoms with E-state index in [0.29, 0.717) is 23.8 Å². The zero-order valence-corrected chi connectivity index (χ0v) is 20.0. The number of nitrogens with two attached hydrogens (primary N) is 1. The van der Waals surface area contributed by atoms with E-state index in [2.05, 4.69) is 17.2 Å². The Morgan fingerprint density at radius 2 is 2.09 bits per heavy atom. The number of carbonyl (C=O) groups is 1. The van der Waals surface area contributed by atoms with Gasteiger partial charge in [0.05, 0.1) is 29.4 Å². The summed E-state index contributed by atoms with van der Waals surface area (Å²) in [6.45, 7) is 10.4. The van der Waals surface area contributed by atoms with Crippen LogP contribution in [0.2, 0.25) is 0 Å². The maximum absolute atomic E-state index is 13.0. The highest BCUT2D eigenvalue weighted by molar-refractivity contribution is 7.10. The second-order valence-corrected chi connectivity index (χ2v) is 9.52. The smallest absolute Gasteiger partial charge is 0.252 e. The Labute approximate surface area is 192 Å². The number of aliphatic imine (C=N–C) groups is 1. The van der Waals surface area contributed by atoms with Crippen molar-refractivity contribution in [3.05, 3.63) is 34.2 Å². The third-order valence-electron chi connectivity index (χ3n) is 5.41. The van der Waals surface area contributed by atoms with Crippen LogP contribution in [0.5, 0.6) is 5.75 Å². The minimum atomic E-state index is -0.505. The molecular formula is C23H30N6O2S.